The van der Waals surface area contributed by atoms with Gasteiger partial charge < -0.3 is 0 Å². The minimum Gasteiger partial charge on any atom is -0.289 e. The van der Waals surface area contributed by atoms with E-state index in [4.69, 9.17) is 0 Å². The van der Waals surface area contributed by atoms with Crippen molar-refractivity contribution in [1.82, 2.24) is 15.0 Å². The van der Waals surface area contributed by atoms with Gasteiger partial charge in [-0.15, -0.1) is 0 Å². The summed E-state index contributed by atoms with van der Waals surface area (Å²) in [5.41, 5.74) is 5.71. The summed E-state index contributed by atoms with van der Waals surface area (Å²) in [6.45, 7) is 4.40. The fourth-order valence-corrected chi connectivity index (χ4v) is 2.93. The highest BCUT2D eigenvalue weighted by molar-refractivity contribution is 6.11. The van der Waals surface area contributed by atoms with Gasteiger partial charge in [0.25, 0.3) is 5.91 Å². The zero-order valence-electron chi connectivity index (χ0n) is 12.3. The number of amides is 1. The number of nitrogens with zero attached hydrogens (tertiary/aromatic N) is 4. The van der Waals surface area contributed by atoms with Gasteiger partial charge in [0.15, 0.2) is 0 Å². The van der Waals surface area contributed by atoms with E-state index in [1.165, 1.54) is 4.57 Å². The minimum atomic E-state index is -0.331. The van der Waals surface area contributed by atoms with Crippen LogP contribution >= 0.6 is 0 Å². The molecule has 0 unspecified atom stereocenters. The normalized spacial score (nSPS) is 16.2. The highest BCUT2D eigenvalue weighted by Gasteiger charge is 2.37. The number of aromatic nitrogens is 2. The molecule has 2 aliphatic rings. The Bertz CT molecular complexity index is 840. The second kappa shape index (κ2) is 4.41. The van der Waals surface area contributed by atoms with Crippen LogP contribution in [0.2, 0.25) is 0 Å². The molecule has 2 aromatic rings. The highest BCUT2D eigenvalue weighted by Crippen LogP contribution is 2.31. The van der Waals surface area contributed by atoms with Gasteiger partial charge >= 0.3 is 5.69 Å². The number of carbonyl (C=O) groups excluding carboxylic acids is 1. The Morgan fingerprint density at radius 2 is 1.86 bits per heavy atom. The van der Waals surface area contributed by atoms with E-state index in [0.717, 1.165) is 11.3 Å². The number of hydrogen-bond donors (Lipinski definition) is 1. The molecule has 7 heteroatoms. The zero-order valence-corrected chi connectivity index (χ0v) is 12.3. The average Bonchev–Trinajstić information content (AvgIpc) is 2.90. The van der Waals surface area contributed by atoms with Crippen LogP contribution in [-0.2, 0) is 6.67 Å². The zero-order chi connectivity index (χ0) is 15.4. The summed E-state index contributed by atoms with van der Waals surface area (Å²) >= 11 is 0. The van der Waals surface area contributed by atoms with Gasteiger partial charge in [0.1, 0.15) is 18.1 Å². The second-order valence-electron chi connectivity index (χ2n) is 5.56. The molecule has 1 aromatic heterocycles. The molecule has 7 nitrogen and oxygen atoms in total. The van der Waals surface area contributed by atoms with Gasteiger partial charge in [0.2, 0.25) is 0 Å². The maximum Gasteiger partial charge on any atom is 0.350 e. The second-order valence-corrected chi connectivity index (χ2v) is 5.56. The topological polar surface area (TPSA) is 70.5 Å². The van der Waals surface area contributed by atoms with E-state index >= 15 is 0 Å². The molecule has 2 aliphatic heterocycles. The quantitative estimate of drug-likeness (QED) is 0.841. The van der Waals surface area contributed by atoms with E-state index in [9.17, 15) is 9.59 Å². The molecular weight excluding hydrogens is 282 g/mol. The van der Waals surface area contributed by atoms with Gasteiger partial charge in [-0.1, -0.05) is 17.7 Å². The fourth-order valence-electron chi connectivity index (χ4n) is 2.93. The summed E-state index contributed by atoms with van der Waals surface area (Å²) in [7, 11) is 0. The summed E-state index contributed by atoms with van der Waals surface area (Å²) in [5.74, 6) is 0.489. The Balaban J connectivity index is 1.87. The number of nitrogens with one attached hydrogen (secondary N) is 1. The number of aryl methyl sites for hydroxylation is 2. The first-order valence-electron chi connectivity index (χ1n) is 7.07. The SMILES string of the molecule is Cc1ccc(N2CN3NCn4c3c(c(C)nc4=O)C2=O)cc1. The number of benzene rings is 1. The Morgan fingerprint density at radius 1 is 1.14 bits per heavy atom. The molecule has 1 aromatic carbocycles. The maximum absolute atomic E-state index is 12.9. The Labute approximate surface area is 126 Å². The predicted molar refractivity (Wildman–Crippen MR) is 81.7 cm³/mol. The maximum atomic E-state index is 12.9. The van der Waals surface area contributed by atoms with E-state index in [1.807, 2.05) is 36.2 Å². The van der Waals surface area contributed by atoms with Gasteiger partial charge in [-0.25, -0.2) is 10.2 Å². The summed E-state index contributed by atoms with van der Waals surface area (Å²) in [4.78, 5) is 30.5. The van der Waals surface area contributed by atoms with Crippen LogP contribution in [0.15, 0.2) is 29.1 Å². The van der Waals surface area contributed by atoms with Crippen LogP contribution in [-0.4, -0.2) is 22.1 Å². The van der Waals surface area contributed by atoms with Gasteiger partial charge in [-0.2, -0.15) is 4.98 Å². The van der Waals surface area contributed by atoms with Crippen molar-refractivity contribution >= 4 is 17.4 Å². The van der Waals surface area contributed by atoms with Crippen LogP contribution in [0.25, 0.3) is 0 Å². The summed E-state index contributed by atoms with van der Waals surface area (Å²) in [6, 6.07) is 7.79. The molecule has 0 saturated carbocycles. The van der Waals surface area contributed by atoms with Gasteiger partial charge in [0.05, 0.1) is 12.4 Å². The van der Waals surface area contributed by atoms with E-state index < -0.39 is 0 Å². The van der Waals surface area contributed by atoms with Crippen LogP contribution in [0.1, 0.15) is 21.6 Å². The Morgan fingerprint density at radius 3 is 2.59 bits per heavy atom. The van der Waals surface area contributed by atoms with E-state index in [-0.39, 0.29) is 11.6 Å². The molecule has 3 heterocycles. The third-order valence-corrected chi connectivity index (χ3v) is 4.10. The predicted octanol–water partition coefficient (Wildman–Crippen LogP) is 0.760. The van der Waals surface area contributed by atoms with Crippen LogP contribution in [0.3, 0.4) is 0 Å². The van der Waals surface area contributed by atoms with Crippen molar-refractivity contribution in [2.24, 2.45) is 0 Å². The van der Waals surface area contributed by atoms with Crippen molar-refractivity contribution < 1.29 is 4.79 Å². The van der Waals surface area contributed by atoms with Crippen LogP contribution in [0.4, 0.5) is 11.5 Å². The Kier molecular flexibility index (Phi) is 2.61. The molecular formula is C15H15N5O2. The van der Waals surface area contributed by atoms with Crippen molar-refractivity contribution in [2.45, 2.75) is 20.5 Å². The number of anilines is 2. The monoisotopic (exact) mass is 297 g/mol. The van der Waals surface area contributed by atoms with Crippen molar-refractivity contribution in [3.63, 3.8) is 0 Å². The third-order valence-electron chi connectivity index (χ3n) is 4.10. The third kappa shape index (κ3) is 1.69. The molecule has 1 amide bonds. The lowest BCUT2D eigenvalue weighted by molar-refractivity contribution is 0.0980. The summed E-state index contributed by atoms with van der Waals surface area (Å²) < 4.78 is 1.49. The van der Waals surface area contributed by atoms with Crippen molar-refractivity contribution in [1.29, 1.82) is 0 Å². The standard InChI is InChI=1S/C15H15N5O2/c1-9-3-5-11(6-4-9)19-8-20-13-12(14(19)21)10(2)17-15(22)18(13)7-16-20/h3-6,16H,7-8H2,1-2H3. The molecule has 0 saturated heterocycles. The molecule has 0 bridgehead atoms. The fraction of sp³-hybridized carbons (Fsp3) is 0.267. The first-order chi connectivity index (χ1) is 10.6. The molecule has 0 spiro atoms. The van der Waals surface area contributed by atoms with Crippen LogP contribution in [0, 0.1) is 13.8 Å². The van der Waals surface area contributed by atoms with E-state index in [0.29, 0.717) is 30.4 Å². The molecule has 22 heavy (non-hydrogen) atoms. The molecule has 0 aliphatic carbocycles. The molecule has 112 valence electrons. The average molecular weight is 297 g/mol. The lowest BCUT2D eigenvalue weighted by atomic mass is 10.1. The van der Waals surface area contributed by atoms with Crippen molar-refractivity contribution in [3.05, 3.63) is 51.6 Å². The minimum absolute atomic E-state index is 0.127. The Hall–Kier alpha value is -2.67. The largest absolute Gasteiger partial charge is 0.350 e. The molecule has 0 fully saturated rings. The van der Waals surface area contributed by atoms with Crippen molar-refractivity contribution in [2.75, 3.05) is 16.6 Å². The smallest absolute Gasteiger partial charge is 0.289 e. The lowest BCUT2D eigenvalue weighted by Gasteiger charge is -2.34. The summed E-state index contributed by atoms with van der Waals surface area (Å²) in [5, 5.41) is 1.83. The van der Waals surface area contributed by atoms with Crippen LogP contribution < -0.4 is 21.0 Å². The van der Waals surface area contributed by atoms with Crippen molar-refractivity contribution in [3.8, 4) is 0 Å². The molecule has 1 N–H and O–H groups in total. The first kappa shape index (κ1) is 13.0. The van der Waals surface area contributed by atoms with E-state index in [1.54, 1.807) is 11.8 Å². The van der Waals surface area contributed by atoms with E-state index in [2.05, 4.69) is 10.4 Å². The molecule has 4 rings (SSSR count). The number of hydrogen-bond acceptors (Lipinski definition) is 5. The molecule has 0 atom stereocenters. The van der Waals surface area contributed by atoms with Crippen LogP contribution in [0.5, 0.6) is 0 Å². The number of rotatable bonds is 1. The first-order valence-corrected chi connectivity index (χ1v) is 7.07. The number of carbonyl (C=O) groups is 1. The lowest BCUT2D eigenvalue weighted by Crippen LogP contribution is -2.50. The van der Waals surface area contributed by atoms with Gasteiger partial charge in [-0.05, 0) is 26.0 Å². The summed E-state index contributed by atoms with van der Waals surface area (Å²) in [6.07, 6.45) is 0. The highest BCUT2D eigenvalue weighted by atomic mass is 16.2. The van der Waals surface area contributed by atoms with Gasteiger partial charge in [-0.3, -0.25) is 19.3 Å². The molecule has 0 radical (unpaired) electrons. The number of hydrazine groups is 1. The van der Waals surface area contributed by atoms with Gasteiger partial charge in [0, 0.05) is 5.69 Å².